The summed E-state index contributed by atoms with van der Waals surface area (Å²) >= 11 is 0. The highest BCUT2D eigenvalue weighted by Crippen LogP contribution is 2.40. The van der Waals surface area contributed by atoms with Gasteiger partial charge < -0.3 is 10.4 Å². The third-order valence-corrected chi connectivity index (χ3v) is 3.87. The highest BCUT2D eigenvalue weighted by Gasteiger charge is 2.44. The third kappa shape index (κ3) is 2.37. The van der Waals surface area contributed by atoms with Crippen molar-refractivity contribution in [3.8, 4) is 0 Å². The van der Waals surface area contributed by atoms with Gasteiger partial charge in [0.15, 0.2) is 11.6 Å². The molecule has 2 N–H and O–H groups in total. The zero-order valence-corrected chi connectivity index (χ0v) is 11.0. The second-order valence-electron chi connectivity index (χ2n) is 5.18. The molecule has 0 aliphatic heterocycles. The molecule has 0 radical (unpaired) electrons. The van der Waals surface area contributed by atoms with Crippen molar-refractivity contribution in [2.24, 2.45) is 5.41 Å². The predicted molar refractivity (Wildman–Crippen MR) is 67.3 cm³/mol. The van der Waals surface area contributed by atoms with E-state index in [0.717, 1.165) is 6.42 Å². The van der Waals surface area contributed by atoms with Crippen LogP contribution in [0, 0.1) is 24.0 Å². The first-order valence-electron chi connectivity index (χ1n) is 6.33. The van der Waals surface area contributed by atoms with E-state index < -0.39 is 34.5 Å². The Morgan fingerprint density at radius 2 is 1.95 bits per heavy atom. The molecule has 6 heteroatoms. The average Bonchev–Trinajstić information content (AvgIpc) is 2.34. The lowest BCUT2D eigenvalue weighted by Gasteiger charge is -2.37. The van der Waals surface area contributed by atoms with Gasteiger partial charge in [-0.05, 0) is 31.4 Å². The van der Waals surface area contributed by atoms with Gasteiger partial charge in [0.25, 0.3) is 5.91 Å². The number of hydrogen-bond donors (Lipinski definition) is 2. The van der Waals surface area contributed by atoms with Gasteiger partial charge >= 0.3 is 5.97 Å². The summed E-state index contributed by atoms with van der Waals surface area (Å²) in [7, 11) is 0. The SMILES string of the molecule is Cc1ccc(C(=O)NCC2(C(=O)O)CCC2)c(F)c1F. The molecule has 1 aliphatic rings. The fourth-order valence-electron chi connectivity index (χ4n) is 2.24. The Balaban J connectivity index is 2.10. The highest BCUT2D eigenvalue weighted by molar-refractivity contribution is 5.95. The molecule has 1 aliphatic carbocycles. The molecular weight excluding hydrogens is 268 g/mol. The van der Waals surface area contributed by atoms with E-state index in [1.54, 1.807) is 0 Å². The van der Waals surface area contributed by atoms with E-state index in [1.165, 1.54) is 19.1 Å². The van der Waals surface area contributed by atoms with E-state index in [9.17, 15) is 18.4 Å². The molecule has 108 valence electrons. The fraction of sp³-hybridized carbons (Fsp3) is 0.429. The van der Waals surface area contributed by atoms with Gasteiger partial charge in [0.05, 0.1) is 11.0 Å². The van der Waals surface area contributed by atoms with Crippen molar-refractivity contribution in [3.05, 3.63) is 34.9 Å². The number of amides is 1. The zero-order valence-electron chi connectivity index (χ0n) is 11.0. The van der Waals surface area contributed by atoms with Crippen LogP contribution in [0.5, 0.6) is 0 Å². The zero-order chi connectivity index (χ0) is 14.9. The predicted octanol–water partition coefficient (Wildman–Crippen LogP) is 2.26. The summed E-state index contributed by atoms with van der Waals surface area (Å²) in [5.74, 6) is -4.04. The summed E-state index contributed by atoms with van der Waals surface area (Å²) in [4.78, 5) is 23.0. The molecule has 4 nitrogen and oxygen atoms in total. The van der Waals surface area contributed by atoms with Gasteiger partial charge in [-0.25, -0.2) is 8.78 Å². The maximum atomic E-state index is 13.6. The standard InChI is InChI=1S/C14H15F2NO3/c1-8-3-4-9(11(16)10(8)15)12(18)17-7-14(13(19)20)5-2-6-14/h3-4H,2,5-7H2,1H3,(H,17,18)(H,19,20). The second-order valence-corrected chi connectivity index (χ2v) is 5.18. The van der Waals surface area contributed by atoms with Crippen LogP contribution < -0.4 is 5.32 Å². The molecule has 0 saturated heterocycles. The molecule has 1 saturated carbocycles. The van der Waals surface area contributed by atoms with Crippen molar-refractivity contribution in [1.82, 2.24) is 5.32 Å². The fourth-order valence-corrected chi connectivity index (χ4v) is 2.24. The molecule has 1 fully saturated rings. The van der Waals surface area contributed by atoms with E-state index in [4.69, 9.17) is 5.11 Å². The van der Waals surface area contributed by atoms with Crippen LogP contribution >= 0.6 is 0 Å². The number of carboxylic acid groups (broad SMARTS) is 1. The molecular formula is C14H15F2NO3. The van der Waals surface area contributed by atoms with Crippen LogP contribution in [0.3, 0.4) is 0 Å². The number of aliphatic carboxylic acids is 1. The Bertz CT molecular complexity index is 568. The minimum absolute atomic E-state index is 0.0733. The Labute approximate surface area is 114 Å². The number of aryl methyl sites for hydroxylation is 1. The lowest BCUT2D eigenvalue weighted by Crippen LogP contribution is -2.47. The van der Waals surface area contributed by atoms with Crippen molar-refractivity contribution in [2.75, 3.05) is 6.54 Å². The molecule has 0 unspecified atom stereocenters. The van der Waals surface area contributed by atoms with Gasteiger partial charge in [-0.2, -0.15) is 0 Å². The smallest absolute Gasteiger partial charge is 0.311 e. The average molecular weight is 283 g/mol. The van der Waals surface area contributed by atoms with Gasteiger partial charge in [0.1, 0.15) is 0 Å². The molecule has 2 rings (SSSR count). The van der Waals surface area contributed by atoms with Crippen molar-refractivity contribution < 1.29 is 23.5 Å². The van der Waals surface area contributed by atoms with E-state index in [2.05, 4.69) is 5.32 Å². The van der Waals surface area contributed by atoms with Crippen molar-refractivity contribution in [1.29, 1.82) is 0 Å². The summed E-state index contributed by atoms with van der Waals surface area (Å²) in [5.41, 5.74) is -1.26. The summed E-state index contributed by atoms with van der Waals surface area (Å²) < 4.78 is 27.0. The quantitative estimate of drug-likeness (QED) is 0.890. The van der Waals surface area contributed by atoms with Crippen LogP contribution in [-0.2, 0) is 4.79 Å². The summed E-state index contributed by atoms with van der Waals surface area (Å²) in [6.45, 7) is 1.32. The Hall–Kier alpha value is -1.98. The maximum Gasteiger partial charge on any atom is 0.311 e. The van der Waals surface area contributed by atoms with Crippen LogP contribution in [0.15, 0.2) is 12.1 Å². The molecule has 0 atom stereocenters. The van der Waals surface area contributed by atoms with Crippen molar-refractivity contribution >= 4 is 11.9 Å². The second kappa shape index (κ2) is 5.19. The van der Waals surface area contributed by atoms with Gasteiger partial charge in [-0.1, -0.05) is 12.5 Å². The minimum atomic E-state index is -1.21. The van der Waals surface area contributed by atoms with Gasteiger partial charge in [0.2, 0.25) is 0 Å². The minimum Gasteiger partial charge on any atom is -0.481 e. The van der Waals surface area contributed by atoms with Crippen LogP contribution in [0.4, 0.5) is 8.78 Å². The Morgan fingerprint density at radius 3 is 2.45 bits per heavy atom. The first-order chi connectivity index (χ1) is 9.37. The monoisotopic (exact) mass is 283 g/mol. The molecule has 20 heavy (non-hydrogen) atoms. The highest BCUT2D eigenvalue weighted by atomic mass is 19.2. The van der Waals surface area contributed by atoms with E-state index >= 15 is 0 Å². The number of carbonyl (C=O) groups is 2. The van der Waals surface area contributed by atoms with Crippen molar-refractivity contribution in [3.63, 3.8) is 0 Å². The normalized spacial score (nSPS) is 16.4. The van der Waals surface area contributed by atoms with Crippen LogP contribution in [0.1, 0.15) is 35.2 Å². The molecule has 1 aromatic rings. The van der Waals surface area contributed by atoms with E-state index in [1.807, 2.05) is 0 Å². The lowest BCUT2D eigenvalue weighted by atomic mass is 9.69. The van der Waals surface area contributed by atoms with Gasteiger partial charge in [-0.15, -0.1) is 0 Å². The number of benzene rings is 1. The summed E-state index contributed by atoms with van der Waals surface area (Å²) in [5, 5.41) is 11.5. The number of carboxylic acids is 1. The van der Waals surface area contributed by atoms with E-state index in [0.29, 0.717) is 12.8 Å². The first-order valence-corrected chi connectivity index (χ1v) is 6.33. The molecule has 0 aromatic heterocycles. The largest absolute Gasteiger partial charge is 0.481 e. The van der Waals surface area contributed by atoms with Crippen LogP contribution in [0.25, 0.3) is 0 Å². The Kier molecular flexibility index (Phi) is 3.74. The van der Waals surface area contributed by atoms with E-state index in [-0.39, 0.29) is 12.1 Å². The maximum absolute atomic E-state index is 13.6. The topological polar surface area (TPSA) is 66.4 Å². The van der Waals surface area contributed by atoms with Gasteiger partial charge in [-0.3, -0.25) is 9.59 Å². The van der Waals surface area contributed by atoms with Crippen LogP contribution in [-0.4, -0.2) is 23.5 Å². The number of halogens is 2. The molecule has 0 bridgehead atoms. The Morgan fingerprint density at radius 1 is 1.30 bits per heavy atom. The molecule has 1 aromatic carbocycles. The molecule has 1 amide bonds. The number of rotatable bonds is 4. The molecule has 0 spiro atoms. The lowest BCUT2D eigenvalue weighted by molar-refractivity contribution is -0.153. The van der Waals surface area contributed by atoms with Crippen LogP contribution in [0.2, 0.25) is 0 Å². The third-order valence-electron chi connectivity index (χ3n) is 3.87. The summed E-state index contributed by atoms with van der Waals surface area (Å²) in [6.07, 6.45) is 1.75. The number of carbonyl (C=O) groups excluding carboxylic acids is 1. The van der Waals surface area contributed by atoms with Gasteiger partial charge in [0, 0.05) is 6.54 Å². The number of hydrogen-bond acceptors (Lipinski definition) is 2. The van der Waals surface area contributed by atoms with Crippen molar-refractivity contribution in [2.45, 2.75) is 26.2 Å². The number of nitrogens with one attached hydrogen (secondary N) is 1. The summed E-state index contributed by atoms with van der Waals surface area (Å²) in [6, 6.07) is 2.50. The molecule has 0 heterocycles. The first kappa shape index (κ1) is 14.4.